The second kappa shape index (κ2) is 4.92. The van der Waals surface area contributed by atoms with Gasteiger partial charge in [0.05, 0.1) is 25.5 Å². The van der Waals surface area contributed by atoms with Crippen molar-refractivity contribution in [1.82, 2.24) is 0 Å². The number of aliphatic hydroxyl groups excluding tert-OH is 1. The summed E-state index contributed by atoms with van der Waals surface area (Å²) >= 11 is 0. The molecule has 0 aromatic rings. The van der Waals surface area contributed by atoms with Crippen molar-refractivity contribution in [3.8, 4) is 0 Å². The maximum absolute atomic E-state index is 9.32. The van der Waals surface area contributed by atoms with Crippen LogP contribution in [0.15, 0.2) is 5.16 Å². The Kier molecular flexibility index (Phi) is 3.70. The largest absolute Gasteiger partial charge is 0.392 e. The van der Waals surface area contributed by atoms with Gasteiger partial charge in [0.15, 0.2) is 11.4 Å². The highest BCUT2D eigenvalue weighted by Gasteiger charge is 2.38. The highest BCUT2D eigenvalue weighted by atomic mass is 16.7. The van der Waals surface area contributed by atoms with Crippen LogP contribution in [0.25, 0.3) is 0 Å². The summed E-state index contributed by atoms with van der Waals surface area (Å²) < 4.78 is 11.1. The quantitative estimate of drug-likeness (QED) is 0.794. The monoisotopic (exact) mass is 243 g/mol. The van der Waals surface area contributed by atoms with E-state index in [1.165, 1.54) is 0 Å². The number of ether oxygens (including phenoxy) is 2. The lowest BCUT2D eigenvalue weighted by atomic mass is 9.93. The van der Waals surface area contributed by atoms with Crippen LogP contribution in [0.3, 0.4) is 0 Å². The van der Waals surface area contributed by atoms with Gasteiger partial charge < -0.3 is 19.4 Å². The molecule has 0 aromatic heterocycles. The van der Waals surface area contributed by atoms with Crippen LogP contribution in [0.5, 0.6) is 0 Å². The first-order chi connectivity index (χ1) is 8.11. The molecule has 0 amide bonds. The predicted molar refractivity (Wildman–Crippen MR) is 62.8 cm³/mol. The molecule has 5 nitrogen and oxygen atoms in total. The summed E-state index contributed by atoms with van der Waals surface area (Å²) in [5, 5.41) is 13.4. The van der Waals surface area contributed by atoms with E-state index in [1.807, 2.05) is 13.8 Å². The Morgan fingerprint density at radius 1 is 1.35 bits per heavy atom. The highest BCUT2D eigenvalue weighted by molar-refractivity contribution is 5.86. The lowest BCUT2D eigenvalue weighted by molar-refractivity contribution is -0.145. The van der Waals surface area contributed by atoms with Crippen molar-refractivity contribution in [2.24, 2.45) is 5.16 Å². The number of hydrogen-bond donors (Lipinski definition) is 1. The molecule has 1 atom stereocenters. The minimum atomic E-state index is -0.492. The summed E-state index contributed by atoms with van der Waals surface area (Å²) in [6.45, 7) is 5.29. The molecule has 0 aliphatic carbocycles. The second-order valence-electron chi connectivity index (χ2n) is 4.95. The first-order valence-electron chi connectivity index (χ1n) is 6.24. The maximum atomic E-state index is 9.32. The van der Waals surface area contributed by atoms with E-state index < -0.39 is 11.4 Å². The standard InChI is InChI=1S/C12H21NO4/c1-3-12(9-14)8-10(13-17-12)4-5-11(2)15-6-7-16-11/h14H,3-9H2,1-2H3/t12-/m1/s1. The van der Waals surface area contributed by atoms with Gasteiger partial charge in [-0.15, -0.1) is 0 Å². The average Bonchev–Trinajstić information content (AvgIpc) is 2.95. The fourth-order valence-electron chi connectivity index (χ4n) is 2.19. The summed E-state index contributed by atoms with van der Waals surface area (Å²) in [6, 6.07) is 0. The van der Waals surface area contributed by atoms with Gasteiger partial charge >= 0.3 is 0 Å². The smallest absolute Gasteiger partial charge is 0.166 e. The van der Waals surface area contributed by atoms with Crippen LogP contribution in [-0.4, -0.2) is 42.0 Å². The molecule has 0 saturated carbocycles. The number of hydrogen-bond acceptors (Lipinski definition) is 5. The minimum Gasteiger partial charge on any atom is -0.392 e. The molecule has 0 aromatic carbocycles. The average molecular weight is 243 g/mol. The van der Waals surface area contributed by atoms with Crippen molar-refractivity contribution in [2.45, 2.75) is 50.9 Å². The van der Waals surface area contributed by atoms with Crippen LogP contribution in [0, 0.1) is 0 Å². The van der Waals surface area contributed by atoms with Gasteiger partial charge in [-0.05, 0) is 19.8 Å². The third-order valence-electron chi connectivity index (χ3n) is 3.59. The van der Waals surface area contributed by atoms with E-state index in [0.717, 1.165) is 25.0 Å². The minimum absolute atomic E-state index is 0.0147. The molecule has 2 heterocycles. The fourth-order valence-corrected chi connectivity index (χ4v) is 2.19. The van der Waals surface area contributed by atoms with Crippen LogP contribution in [-0.2, 0) is 14.3 Å². The molecule has 1 saturated heterocycles. The van der Waals surface area contributed by atoms with Gasteiger partial charge in [0.2, 0.25) is 0 Å². The SMILES string of the molecule is CC[C@]1(CO)CC(CCC2(C)OCCO2)=NO1. The Morgan fingerprint density at radius 2 is 2.06 bits per heavy atom. The van der Waals surface area contributed by atoms with Crippen LogP contribution in [0.2, 0.25) is 0 Å². The third-order valence-corrected chi connectivity index (χ3v) is 3.59. The van der Waals surface area contributed by atoms with Crippen LogP contribution in [0.4, 0.5) is 0 Å². The maximum Gasteiger partial charge on any atom is 0.166 e. The van der Waals surface area contributed by atoms with E-state index in [0.29, 0.717) is 19.6 Å². The lowest BCUT2D eigenvalue weighted by Crippen LogP contribution is -2.33. The van der Waals surface area contributed by atoms with E-state index >= 15 is 0 Å². The zero-order valence-corrected chi connectivity index (χ0v) is 10.6. The second-order valence-corrected chi connectivity index (χ2v) is 4.95. The normalized spacial score (nSPS) is 31.4. The Labute approximate surface area is 102 Å². The van der Waals surface area contributed by atoms with Gasteiger partial charge in [0.25, 0.3) is 0 Å². The van der Waals surface area contributed by atoms with Crippen LogP contribution < -0.4 is 0 Å². The first kappa shape index (κ1) is 12.8. The van der Waals surface area contributed by atoms with Crippen LogP contribution >= 0.6 is 0 Å². The summed E-state index contributed by atoms with van der Waals surface area (Å²) in [7, 11) is 0. The number of aliphatic hydroxyl groups is 1. The Bertz CT molecular complexity index is 293. The van der Waals surface area contributed by atoms with Crippen molar-refractivity contribution in [3.05, 3.63) is 0 Å². The summed E-state index contributed by atoms with van der Waals surface area (Å²) in [4.78, 5) is 5.36. The van der Waals surface area contributed by atoms with Crippen molar-refractivity contribution >= 4 is 5.71 Å². The number of oxime groups is 1. The summed E-state index contributed by atoms with van der Waals surface area (Å²) in [5.41, 5.74) is 0.495. The molecule has 0 radical (unpaired) electrons. The Hall–Kier alpha value is -0.650. The molecule has 1 N–H and O–H groups in total. The van der Waals surface area contributed by atoms with Gasteiger partial charge in [-0.3, -0.25) is 0 Å². The third kappa shape index (κ3) is 2.78. The predicted octanol–water partition coefficient (Wildman–Crippen LogP) is 1.45. The zero-order chi connectivity index (χ0) is 12.4. The number of nitrogens with zero attached hydrogens (tertiary/aromatic N) is 1. The topological polar surface area (TPSA) is 60.3 Å². The van der Waals surface area contributed by atoms with Crippen LogP contribution in [0.1, 0.15) is 39.5 Å². The molecule has 0 bridgehead atoms. The fraction of sp³-hybridized carbons (Fsp3) is 0.917. The molecule has 2 rings (SSSR count). The van der Waals surface area contributed by atoms with Gasteiger partial charge in [-0.25, -0.2) is 0 Å². The van der Waals surface area contributed by atoms with E-state index in [9.17, 15) is 5.11 Å². The zero-order valence-electron chi connectivity index (χ0n) is 10.6. The molecule has 98 valence electrons. The van der Waals surface area contributed by atoms with Gasteiger partial charge in [-0.2, -0.15) is 0 Å². The summed E-state index contributed by atoms with van der Waals surface area (Å²) in [6.07, 6.45) is 3.04. The highest BCUT2D eigenvalue weighted by Crippen LogP contribution is 2.31. The molecule has 5 heteroatoms. The lowest BCUT2D eigenvalue weighted by Gasteiger charge is -2.23. The van der Waals surface area contributed by atoms with Crippen molar-refractivity contribution in [1.29, 1.82) is 0 Å². The molecule has 17 heavy (non-hydrogen) atoms. The molecule has 0 unspecified atom stereocenters. The number of rotatable bonds is 5. The Morgan fingerprint density at radius 3 is 2.59 bits per heavy atom. The van der Waals surface area contributed by atoms with Crippen molar-refractivity contribution in [3.63, 3.8) is 0 Å². The Balaban J connectivity index is 1.81. The van der Waals surface area contributed by atoms with Crippen molar-refractivity contribution < 1.29 is 19.4 Å². The molecular weight excluding hydrogens is 222 g/mol. The van der Waals surface area contributed by atoms with E-state index in [4.69, 9.17) is 14.3 Å². The first-order valence-corrected chi connectivity index (χ1v) is 6.24. The van der Waals surface area contributed by atoms with Gasteiger partial charge in [0.1, 0.15) is 0 Å². The van der Waals surface area contributed by atoms with E-state index in [-0.39, 0.29) is 6.61 Å². The van der Waals surface area contributed by atoms with E-state index in [1.54, 1.807) is 0 Å². The molecular formula is C12H21NO4. The van der Waals surface area contributed by atoms with E-state index in [2.05, 4.69) is 5.16 Å². The molecule has 1 fully saturated rings. The van der Waals surface area contributed by atoms with Gasteiger partial charge in [0, 0.05) is 12.8 Å². The van der Waals surface area contributed by atoms with Crippen molar-refractivity contribution in [2.75, 3.05) is 19.8 Å². The molecule has 0 spiro atoms. The van der Waals surface area contributed by atoms with Gasteiger partial charge in [-0.1, -0.05) is 12.1 Å². The summed E-state index contributed by atoms with van der Waals surface area (Å²) in [5.74, 6) is -0.473. The molecule has 2 aliphatic rings. The molecule has 2 aliphatic heterocycles.